The van der Waals surface area contributed by atoms with E-state index in [2.05, 4.69) is 15.4 Å². The lowest BCUT2D eigenvalue weighted by Crippen LogP contribution is -2.51. The van der Waals surface area contributed by atoms with Crippen LogP contribution in [0.4, 0.5) is 0 Å². The minimum absolute atomic E-state index is 0.100. The molecule has 0 aromatic heterocycles. The summed E-state index contributed by atoms with van der Waals surface area (Å²) in [5.41, 5.74) is -0.112. The van der Waals surface area contributed by atoms with E-state index in [1.54, 1.807) is 0 Å². The fourth-order valence-corrected chi connectivity index (χ4v) is 4.27. The Bertz CT molecular complexity index is 425. The fourth-order valence-electron chi connectivity index (χ4n) is 4.27. The zero-order valence-electron chi connectivity index (χ0n) is 13.3. The number of ether oxygens (including phenoxy) is 2. The molecule has 0 aromatic rings. The maximum absolute atomic E-state index is 6.30. The maximum Gasteiger partial charge on any atom is 0.236 e. The van der Waals surface area contributed by atoms with E-state index in [-0.39, 0.29) is 11.5 Å². The molecule has 0 amide bonds. The van der Waals surface area contributed by atoms with Crippen LogP contribution >= 0.6 is 0 Å². The first-order chi connectivity index (χ1) is 10.9. The number of hydrogen-bond acceptors (Lipinski definition) is 6. The summed E-state index contributed by atoms with van der Waals surface area (Å²) in [4.78, 5) is 8.05. The quantitative estimate of drug-likeness (QED) is 0.837. The van der Waals surface area contributed by atoms with Crippen LogP contribution in [0.15, 0.2) is 5.16 Å². The smallest absolute Gasteiger partial charge is 0.236 e. The van der Waals surface area contributed by atoms with Crippen LogP contribution in [0.3, 0.4) is 0 Å². The van der Waals surface area contributed by atoms with Crippen molar-refractivity contribution in [2.45, 2.75) is 31.8 Å². The van der Waals surface area contributed by atoms with Crippen molar-refractivity contribution in [3.63, 3.8) is 0 Å². The molecule has 6 heteroatoms. The lowest BCUT2D eigenvalue weighted by molar-refractivity contribution is -0.0501. The molecule has 1 unspecified atom stereocenters. The lowest BCUT2D eigenvalue weighted by atomic mass is 9.75. The molecule has 0 radical (unpaired) electrons. The molecule has 4 rings (SSSR count). The third kappa shape index (κ3) is 2.72. The number of likely N-dealkylation sites (tertiary alicyclic amines) is 1. The minimum Gasteiger partial charge on any atom is -0.470 e. The van der Waals surface area contributed by atoms with Crippen molar-refractivity contribution in [1.29, 1.82) is 0 Å². The highest BCUT2D eigenvalue weighted by molar-refractivity contribution is 5.84. The van der Waals surface area contributed by atoms with E-state index >= 15 is 0 Å². The Morgan fingerprint density at radius 3 is 3.09 bits per heavy atom. The van der Waals surface area contributed by atoms with Crippen LogP contribution in [0.25, 0.3) is 0 Å². The third-order valence-electron chi connectivity index (χ3n) is 5.61. The molecular formula is C16H27N3O3. The van der Waals surface area contributed by atoms with E-state index in [0.29, 0.717) is 19.1 Å². The Morgan fingerprint density at radius 2 is 2.18 bits per heavy atom. The fraction of sp³-hybridized carbons (Fsp3) is 0.938. The highest BCUT2D eigenvalue weighted by Crippen LogP contribution is 2.40. The summed E-state index contributed by atoms with van der Waals surface area (Å²) in [6.45, 7) is 7.35. The van der Waals surface area contributed by atoms with Gasteiger partial charge in [0.05, 0.1) is 12.0 Å². The van der Waals surface area contributed by atoms with Gasteiger partial charge in [-0.2, -0.15) is 0 Å². The Hall–Kier alpha value is -0.850. The number of rotatable bonds is 3. The summed E-state index contributed by atoms with van der Waals surface area (Å²) < 4.78 is 12.1. The second kappa shape index (κ2) is 6.34. The number of oxime groups is 1. The first kappa shape index (κ1) is 14.7. The molecule has 1 N–H and O–H groups in total. The molecule has 4 aliphatic rings. The van der Waals surface area contributed by atoms with E-state index in [1.165, 1.54) is 32.4 Å². The van der Waals surface area contributed by atoms with Crippen molar-refractivity contribution in [2.75, 3.05) is 52.5 Å². The molecular weight excluding hydrogens is 282 g/mol. The molecule has 6 nitrogen and oxygen atoms in total. The first-order valence-corrected chi connectivity index (χ1v) is 8.75. The van der Waals surface area contributed by atoms with E-state index in [4.69, 9.17) is 14.3 Å². The summed E-state index contributed by atoms with van der Waals surface area (Å²) in [5.74, 6) is 1.33. The normalized spacial score (nSPS) is 39.5. The predicted molar refractivity (Wildman–Crippen MR) is 82.8 cm³/mol. The molecule has 4 heterocycles. The molecule has 0 spiro atoms. The van der Waals surface area contributed by atoms with Gasteiger partial charge in [-0.1, -0.05) is 11.6 Å². The summed E-state index contributed by atoms with van der Waals surface area (Å²) in [7, 11) is 0. The molecule has 22 heavy (non-hydrogen) atoms. The van der Waals surface area contributed by atoms with E-state index in [9.17, 15) is 0 Å². The Labute approximate surface area is 132 Å². The SMILES string of the molecule is C1CCN(CC2CON=C([C@]34CNC[C@H]3CCOC4)O2)CC1. The molecule has 124 valence electrons. The van der Waals surface area contributed by atoms with Crippen molar-refractivity contribution in [3.8, 4) is 0 Å². The summed E-state index contributed by atoms with van der Waals surface area (Å²) >= 11 is 0. The topological polar surface area (TPSA) is 55.3 Å². The first-order valence-electron chi connectivity index (χ1n) is 8.75. The molecule has 0 saturated carbocycles. The van der Waals surface area contributed by atoms with Gasteiger partial charge in [-0.15, -0.1) is 0 Å². The highest BCUT2D eigenvalue weighted by Gasteiger charge is 2.52. The van der Waals surface area contributed by atoms with Gasteiger partial charge >= 0.3 is 0 Å². The molecule has 3 saturated heterocycles. The second-order valence-electron chi connectivity index (χ2n) is 7.12. The molecule has 0 bridgehead atoms. The Morgan fingerprint density at radius 1 is 1.27 bits per heavy atom. The maximum atomic E-state index is 6.30. The molecule has 3 atom stereocenters. The van der Waals surface area contributed by atoms with Crippen molar-refractivity contribution in [1.82, 2.24) is 10.2 Å². The van der Waals surface area contributed by atoms with Crippen LogP contribution in [0.5, 0.6) is 0 Å². The van der Waals surface area contributed by atoms with E-state index in [1.807, 2.05) is 0 Å². The Balaban J connectivity index is 1.42. The zero-order chi connectivity index (χ0) is 14.8. The lowest BCUT2D eigenvalue weighted by Gasteiger charge is -2.41. The van der Waals surface area contributed by atoms with Crippen LogP contribution in [0.1, 0.15) is 25.7 Å². The van der Waals surface area contributed by atoms with Crippen LogP contribution in [-0.4, -0.2) is 69.4 Å². The molecule has 0 aliphatic carbocycles. The number of fused-ring (bicyclic) bond motifs is 1. The summed E-state index contributed by atoms with van der Waals surface area (Å²) in [6.07, 6.45) is 5.14. The Kier molecular flexibility index (Phi) is 4.24. The predicted octanol–water partition coefficient (Wildman–Crippen LogP) is 0.827. The number of nitrogens with zero attached hydrogens (tertiary/aromatic N) is 2. The molecule has 3 fully saturated rings. The summed E-state index contributed by atoms with van der Waals surface area (Å²) in [6, 6.07) is 0. The van der Waals surface area contributed by atoms with Gasteiger partial charge in [-0.25, -0.2) is 0 Å². The van der Waals surface area contributed by atoms with Gasteiger partial charge in [0.15, 0.2) is 6.61 Å². The standard InChI is InChI=1S/C16H27N3O3/c1-2-5-19(6-3-1)9-14-10-21-18-15(22-14)16-11-17-8-13(16)4-7-20-12-16/h13-14,17H,1-12H2/t13-,14?,16+/m1/s1. The molecule has 4 aliphatic heterocycles. The van der Waals surface area contributed by atoms with Crippen molar-refractivity contribution in [3.05, 3.63) is 0 Å². The van der Waals surface area contributed by atoms with Gasteiger partial charge in [0.2, 0.25) is 5.90 Å². The largest absolute Gasteiger partial charge is 0.470 e. The van der Waals surface area contributed by atoms with Crippen molar-refractivity contribution >= 4 is 5.90 Å². The monoisotopic (exact) mass is 309 g/mol. The number of nitrogens with one attached hydrogen (secondary N) is 1. The average Bonchev–Trinajstić information content (AvgIpc) is 3.01. The third-order valence-corrected chi connectivity index (χ3v) is 5.61. The zero-order valence-corrected chi connectivity index (χ0v) is 13.3. The number of piperidine rings is 1. The molecule has 0 aromatic carbocycles. The van der Waals surface area contributed by atoms with E-state index in [0.717, 1.165) is 38.6 Å². The van der Waals surface area contributed by atoms with Crippen LogP contribution in [-0.2, 0) is 14.3 Å². The number of hydrogen-bond donors (Lipinski definition) is 1. The highest BCUT2D eigenvalue weighted by atomic mass is 16.7. The van der Waals surface area contributed by atoms with Gasteiger partial charge in [-0.05, 0) is 44.8 Å². The van der Waals surface area contributed by atoms with Crippen molar-refractivity contribution in [2.24, 2.45) is 16.5 Å². The van der Waals surface area contributed by atoms with Crippen LogP contribution < -0.4 is 5.32 Å². The van der Waals surface area contributed by atoms with Gasteiger partial charge < -0.3 is 19.6 Å². The van der Waals surface area contributed by atoms with Gasteiger partial charge in [0, 0.05) is 19.7 Å². The van der Waals surface area contributed by atoms with Gasteiger partial charge in [-0.3, -0.25) is 4.90 Å². The average molecular weight is 309 g/mol. The van der Waals surface area contributed by atoms with E-state index < -0.39 is 0 Å². The second-order valence-corrected chi connectivity index (χ2v) is 7.12. The van der Waals surface area contributed by atoms with Gasteiger partial charge in [0.1, 0.15) is 6.10 Å². The van der Waals surface area contributed by atoms with Crippen LogP contribution in [0, 0.1) is 11.3 Å². The minimum atomic E-state index is -0.112. The van der Waals surface area contributed by atoms with Crippen LogP contribution in [0.2, 0.25) is 0 Å². The van der Waals surface area contributed by atoms with Crippen molar-refractivity contribution < 1.29 is 14.3 Å². The van der Waals surface area contributed by atoms with Gasteiger partial charge in [0.25, 0.3) is 0 Å². The summed E-state index contributed by atoms with van der Waals surface area (Å²) in [5, 5.41) is 7.78.